The highest BCUT2D eigenvalue weighted by atomic mass is 32.1. The van der Waals surface area contributed by atoms with E-state index in [0.29, 0.717) is 13.0 Å². The highest BCUT2D eigenvalue weighted by Gasteiger charge is 2.08. The molecule has 0 saturated carbocycles. The maximum atomic E-state index is 12.0. The lowest BCUT2D eigenvalue weighted by molar-refractivity contribution is -0.116. The van der Waals surface area contributed by atoms with Crippen molar-refractivity contribution in [3.05, 3.63) is 57.0 Å². The zero-order valence-corrected chi connectivity index (χ0v) is 13.0. The van der Waals surface area contributed by atoms with Gasteiger partial charge < -0.3 is 5.32 Å². The van der Waals surface area contributed by atoms with E-state index >= 15 is 0 Å². The molecule has 0 aliphatic heterocycles. The molecule has 1 amide bonds. The van der Waals surface area contributed by atoms with Crippen molar-refractivity contribution in [3.63, 3.8) is 0 Å². The summed E-state index contributed by atoms with van der Waals surface area (Å²) in [6.07, 6.45) is 2.97. The smallest absolute Gasteiger partial charge is 0.225 e. The largest absolute Gasteiger partial charge is 0.311 e. The second-order valence-electron chi connectivity index (χ2n) is 4.63. The lowest BCUT2D eigenvalue weighted by Gasteiger charge is -2.08. The van der Waals surface area contributed by atoms with Crippen molar-refractivity contribution in [1.29, 1.82) is 0 Å². The molecule has 4 nitrogen and oxygen atoms in total. The van der Waals surface area contributed by atoms with Crippen LogP contribution in [0, 0.1) is 0 Å². The van der Waals surface area contributed by atoms with Gasteiger partial charge in [0, 0.05) is 17.4 Å². The normalized spacial score (nSPS) is 10.7. The minimum atomic E-state index is 0.0223. The summed E-state index contributed by atoms with van der Waals surface area (Å²) in [4.78, 5) is 13.2. The molecule has 0 aliphatic rings. The number of aryl methyl sites for hydroxylation is 1. The van der Waals surface area contributed by atoms with E-state index in [2.05, 4.69) is 27.9 Å². The van der Waals surface area contributed by atoms with Crippen LogP contribution in [0.15, 0.2) is 46.6 Å². The Morgan fingerprint density at radius 2 is 2.24 bits per heavy atom. The van der Waals surface area contributed by atoms with Crippen LogP contribution in [0.4, 0.5) is 5.82 Å². The van der Waals surface area contributed by atoms with E-state index < -0.39 is 0 Å². The highest BCUT2D eigenvalue weighted by molar-refractivity contribution is 7.09. The summed E-state index contributed by atoms with van der Waals surface area (Å²) in [6, 6.07) is 7.96. The molecule has 0 atom stereocenters. The zero-order chi connectivity index (χ0) is 14.5. The second kappa shape index (κ2) is 6.69. The molecule has 0 bridgehead atoms. The Kier molecular flexibility index (Phi) is 4.47. The van der Waals surface area contributed by atoms with Crippen LogP contribution in [0.5, 0.6) is 0 Å². The van der Waals surface area contributed by atoms with E-state index in [4.69, 9.17) is 0 Å². The van der Waals surface area contributed by atoms with Gasteiger partial charge >= 0.3 is 0 Å². The monoisotopic (exact) mass is 317 g/mol. The number of nitrogens with zero attached hydrogens (tertiary/aromatic N) is 2. The quantitative estimate of drug-likeness (QED) is 0.754. The first-order valence-electron chi connectivity index (χ1n) is 6.66. The van der Waals surface area contributed by atoms with E-state index in [-0.39, 0.29) is 5.91 Å². The number of hydrogen-bond donors (Lipinski definition) is 1. The van der Waals surface area contributed by atoms with Crippen LogP contribution in [-0.2, 0) is 17.8 Å². The van der Waals surface area contributed by atoms with Crippen molar-refractivity contribution in [2.45, 2.75) is 19.4 Å². The molecule has 0 radical (unpaired) electrons. The maximum absolute atomic E-state index is 12.0. The van der Waals surface area contributed by atoms with Gasteiger partial charge in [-0.05, 0) is 40.3 Å². The summed E-state index contributed by atoms with van der Waals surface area (Å²) >= 11 is 3.34. The van der Waals surface area contributed by atoms with Crippen LogP contribution >= 0.6 is 22.7 Å². The maximum Gasteiger partial charge on any atom is 0.225 e. The summed E-state index contributed by atoms with van der Waals surface area (Å²) in [5, 5.41) is 13.3. The standard InChI is InChI=1S/C15H15N3OS2/c19-15(4-3-12-6-9-20-11-12)17-14-5-7-16-18(14)10-13-2-1-8-21-13/h1-2,5-9,11H,3-4,10H2,(H,17,19). The molecule has 0 aliphatic carbocycles. The SMILES string of the molecule is O=C(CCc1ccsc1)Nc1ccnn1Cc1cccs1. The summed E-state index contributed by atoms with van der Waals surface area (Å²) < 4.78 is 1.81. The summed E-state index contributed by atoms with van der Waals surface area (Å²) in [5.41, 5.74) is 1.21. The van der Waals surface area contributed by atoms with E-state index in [1.807, 2.05) is 27.6 Å². The van der Waals surface area contributed by atoms with Gasteiger partial charge in [-0.25, -0.2) is 4.68 Å². The fourth-order valence-electron chi connectivity index (χ4n) is 2.01. The Morgan fingerprint density at radius 1 is 1.29 bits per heavy atom. The molecule has 0 saturated heterocycles. The molecule has 21 heavy (non-hydrogen) atoms. The predicted octanol–water partition coefficient (Wildman–Crippen LogP) is 3.63. The predicted molar refractivity (Wildman–Crippen MR) is 86.9 cm³/mol. The average Bonchev–Trinajstić information content (AvgIpc) is 3.20. The van der Waals surface area contributed by atoms with E-state index in [0.717, 1.165) is 12.2 Å². The zero-order valence-electron chi connectivity index (χ0n) is 11.4. The Bertz CT molecular complexity index is 686. The number of carbonyl (C=O) groups excluding carboxylic acids is 1. The van der Waals surface area contributed by atoms with Crippen molar-refractivity contribution >= 4 is 34.4 Å². The summed E-state index contributed by atoms with van der Waals surface area (Å²) in [7, 11) is 0. The van der Waals surface area contributed by atoms with Crippen LogP contribution in [-0.4, -0.2) is 15.7 Å². The Labute approximate surface area is 131 Å². The lowest BCUT2D eigenvalue weighted by atomic mass is 10.2. The van der Waals surface area contributed by atoms with E-state index in [1.165, 1.54) is 10.4 Å². The topological polar surface area (TPSA) is 46.9 Å². The van der Waals surface area contributed by atoms with Gasteiger partial charge in [0.2, 0.25) is 5.91 Å². The number of amides is 1. The first-order valence-corrected chi connectivity index (χ1v) is 8.48. The van der Waals surface area contributed by atoms with Gasteiger partial charge in [-0.2, -0.15) is 16.4 Å². The molecule has 3 aromatic heterocycles. The average molecular weight is 317 g/mol. The fraction of sp³-hybridized carbons (Fsp3) is 0.200. The minimum absolute atomic E-state index is 0.0223. The number of anilines is 1. The third-order valence-corrected chi connectivity index (χ3v) is 4.68. The van der Waals surface area contributed by atoms with Gasteiger partial charge in [-0.3, -0.25) is 4.79 Å². The lowest BCUT2D eigenvalue weighted by Crippen LogP contribution is -2.16. The number of aromatic nitrogens is 2. The number of rotatable bonds is 6. The molecular weight excluding hydrogens is 302 g/mol. The van der Waals surface area contributed by atoms with Crippen LogP contribution in [0.2, 0.25) is 0 Å². The van der Waals surface area contributed by atoms with E-state index in [1.54, 1.807) is 28.9 Å². The minimum Gasteiger partial charge on any atom is -0.311 e. The summed E-state index contributed by atoms with van der Waals surface area (Å²) in [5.74, 6) is 0.771. The molecule has 3 rings (SSSR count). The fourth-order valence-corrected chi connectivity index (χ4v) is 3.40. The molecule has 0 aromatic carbocycles. The van der Waals surface area contributed by atoms with Gasteiger partial charge in [0.25, 0.3) is 0 Å². The highest BCUT2D eigenvalue weighted by Crippen LogP contribution is 2.15. The van der Waals surface area contributed by atoms with Gasteiger partial charge in [0.05, 0.1) is 12.7 Å². The molecule has 0 spiro atoms. The molecule has 108 valence electrons. The second-order valence-corrected chi connectivity index (χ2v) is 6.45. The van der Waals surface area contributed by atoms with Crippen LogP contribution in [0.3, 0.4) is 0 Å². The van der Waals surface area contributed by atoms with Gasteiger partial charge in [0.15, 0.2) is 0 Å². The number of hydrogen-bond acceptors (Lipinski definition) is 4. The van der Waals surface area contributed by atoms with Gasteiger partial charge in [-0.1, -0.05) is 6.07 Å². The van der Waals surface area contributed by atoms with Crippen molar-refractivity contribution in [1.82, 2.24) is 9.78 Å². The number of carbonyl (C=O) groups is 1. The molecule has 0 fully saturated rings. The molecule has 1 N–H and O–H groups in total. The van der Waals surface area contributed by atoms with E-state index in [9.17, 15) is 4.79 Å². The Morgan fingerprint density at radius 3 is 3.00 bits per heavy atom. The molecule has 3 heterocycles. The Balaban J connectivity index is 1.57. The third kappa shape index (κ3) is 3.80. The first-order chi connectivity index (χ1) is 10.3. The molecule has 0 unspecified atom stereocenters. The molecular formula is C15H15N3OS2. The summed E-state index contributed by atoms with van der Waals surface area (Å²) in [6.45, 7) is 0.685. The van der Waals surface area contributed by atoms with Crippen LogP contribution in [0.1, 0.15) is 16.9 Å². The number of thiophene rings is 2. The van der Waals surface area contributed by atoms with Crippen LogP contribution < -0.4 is 5.32 Å². The Hall–Kier alpha value is -1.92. The van der Waals surface area contributed by atoms with Crippen molar-refractivity contribution < 1.29 is 4.79 Å². The van der Waals surface area contributed by atoms with Crippen molar-refractivity contribution in [2.75, 3.05) is 5.32 Å². The van der Waals surface area contributed by atoms with Crippen molar-refractivity contribution in [2.24, 2.45) is 0 Å². The molecule has 3 aromatic rings. The van der Waals surface area contributed by atoms with Crippen molar-refractivity contribution in [3.8, 4) is 0 Å². The first kappa shape index (κ1) is 14.0. The molecule has 6 heteroatoms. The van der Waals surface area contributed by atoms with Gasteiger partial charge in [0.1, 0.15) is 5.82 Å². The number of nitrogens with one attached hydrogen (secondary N) is 1. The third-order valence-electron chi connectivity index (χ3n) is 3.09. The van der Waals surface area contributed by atoms with Gasteiger partial charge in [-0.15, -0.1) is 11.3 Å². The van der Waals surface area contributed by atoms with Crippen LogP contribution in [0.25, 0.3) is 0 Å².